The van der Waals surface area contributed by atoms with E-state index >= 15 is 0 Å². The van der Waals surface area contributed by atoms with E-state index in [9.17, 15) is 110 Å². The average molecular weight is 1200 g/mol. The van der Waals surface area contributed by atoms with Gasteiger partial charge in [-0.2, -0.15) is 127 Å². The Labute approximate surface area is 448 Å². The van der Waals surface area contributed by atoms with Crippen molar-refractivity contribution in [3.05, 3.63) is 183 Å². The lowest BCUT2D eigenvalue weighted by atomic mass is 9.12. The molecule has 0 bridgehead atoms. The van der Waals surface area contributed by atoms with Crippen LogP contribution in [0.5, 0.6) is 0 Å². The molecular weight excluding hydrogens is 1160 g/mol. The van der Waals surface area contributed by atoms with Gasteiger partial charge in [-0.05, 0) is 60.7 Å². The summed E-state index contributed by atoms with van der Waals surface area (Å²) in [6.07, 6.45) is -51.1. The van der Waals surface area contributed by atoms with Crippen LogP contribution in [0.15, 0.2) is 132 Å². The van der Waals surface area contributed by atoms with Crippen LogP contribution < -0.4 is 21.9 Å². The lowest BCUT2D eigenvalue weighted by molar-refractivity contribution is -0.144. The first-order valence-electron chi connectivity index (χ1n) is 23.6. The number of unbranched alkanes of at least 4 members (excludes halogenated alkanes) is 2. The van der Waals surface area contributed by atoms with Crippen molar-refractivity contribution in [3.63, 3.8) is 0 Å². The summed E-state index contributed by atoms with van der Waals surface area (Å²) in [4.78, 5) is 14.0. The van der Waals surface area contributed by atoms with Crippen LogP contribution in [0, 0.1) is 0 Å². The van der Waals surface area contributed by atoms with E-state index in [0.29, 0.717) is 11.7 Å². The van der Waals surface area contributed by atoms with E-state index in [0.717, 1.165) is 11.3 Å². The number of hydrogen-bond acceptors (Lipinski definition) is 1. The molecule has 0 N–H and O–H groups in total. The molecule has 0 aliphatic carbocycles. The second kappa shape index (κ2) is 23.9. The molecule has 81 heavy (non-hydrogen) atoms. The minimum Gasteiger partial charge on any atom is -0.289 e. The number of alkyl halides is 24. The number of carbonyl (C=O) groups excluding carboxylic acids is 1. The number of rotatable bonds is 13. The summed E-state index contributed by atoms with van der Waals surface area (Å²) >= 11 is 0. The SMILES string of the molecule is CCCCC[S+](CC(=O)c1ccccc1)c1ccc(C(C)C)cc1.FC(F)(F)c1cc([B-](c2cc(C(F)(F)F)cc(C(F)(F)F)c2)(c2cc(C(F)(F)F)cc(C(F)(F)F)c2)c2cc(C(F)(F)F)cc(C(F)(F)F)c2)cc(C(F)(F)F)c1. The van der Waals surface area contributed by atoms with Gasteiger partial charge in [0.15, 0.2) is 10.6 Å². The fourth-order valence-electron chi connectivity index (χ4n) is 8.78. The molecule has 6 aromatic carbocycles. The zero-order chi connectivity index (χ0) is 61.3. The highest BCUT2D eigenvalue weighted by Crippen LogP contribution is 2.42. The zero-order valence-corrected chi connectivity index (χ0v) is 42.5. The molecule has 0 aliphatic rings. The van der Waals surface area contributed by atoms with Gasteiger partial charge in [-0.15, -0.1) is 0 Å². The molecular formula is C54H41BF24OS. The summed E-state index contributed by atoms with van der Waals surface area (Å²) in [5, 5.41) is 0. The zero-order valence-electron chi connectivity index (χ0n) is 41.7. The van der Waals surface area contributed by atoms with Crippen LogP contribution in [0.4, 0.5) is 105 Å². The summed E-state index contributed by atoms with van der Waals surface area (Å²) in [5.41, 5.74) is -28.0. The van der Waals surface area contributed by atoms with E-state index in [1.54, 1.807) is 0 Å². The van der Waals surface area contributed by atoms with Crippen molar-refractivity contribution in [1.29, 1.82) is 0 Å². The lowest BCUT2D eigenvalue weighted by Gasteiger charge is -2.46. The van der Waals surface area contributed by atoms with Gasteiger partial charge in [-0.25, -0.2) is 0 Å². The van der Waals surface area contributed by atoms with Crippen LogP contribution in [-0.2, 0) is 60.3 Å². The van der Waals surface area contributed by atoms with Gasteiger partial charge in [0, 0.05) is 16.5 Å². The molecule has 0 heterocycles. The Hall–Kier alpha value is -6.28. The Balaban J connectivity index is 0.000000416. The predicted octanol–water partition coefficient (Wildman–Crippen LogP) is 17.1. The second-order valence-electron chi connectivity index (χ2n) is 18.8. The van der Waals surface area contributed by atoms with Gasteiger partial charge in [0.25, 0.3) is 0 Å². The smallest absolute Gasteiger partial charge is 0.289 e. The third-order valence-electron chi connectivity index (χ3n) is 12.7. The highest BCUT2D eigenvalue weighted by atomic mass is 32.2. The molecule has 0 spiro atoms. The van der Waals surface area contributed by atoms with E-state index < -0.39 is 195 Å². The Morgan fingerprint density at radius 1 is 0.395 bits per heavy atom. The van der Waals surface area contributed by atoms with Gasteiger partial charge in [0.05, 0.1) is 44.5 Å². The van der Waals surface area contributed by atoms with E-state index in [1.807, 2.05) is 30.3 Å². The predicted molar refractivity (Wildman–Crippen MR) is 256 cm³/mol. The van der Waals surface area contributed by atoms with Crippen molar-refractivity contribution in [1.82, 2.24) is 0 Å². The Kier molecular flexibility index (Phi) is 19.3. The quantitative estimate of drug-likeness (QED) is 0.0370. The monoisotopic (exact) mass is 1200 g/mol. The Bertz CT molecular complexity index is 2690. The molecule has 440 valence electrons. The van der Waals surface area contributed by atoms with Crippen molar-refractivity contribution in [2.45, 2.75) is 100 Å². The van der Waals surface area contributed by atoms with Gasteiger partial charge in [0.2, 0.25) is 5.78 Å². The van der Waals surface area contributed by atoms with E-state index in [4.69, 9.17) is 0 Å². The van der Waals surface area contributed by atoms with Crippen LogP contribution in [0.25, 0.3) is 0 Å². The molecule has 0 fully saturated rings. The summed E-state index contributed by atoms with van der Waals surface area (Å²) in [6, 6.07) is 9.83. The fraction of sp³-hybridized carbons (Fsp3) is 0.315. The topological polar surface area (TPSA) is 17.1 Å². The number of halogens is 24. The Morgan fingerprint density at radius 3 is 0.901 bits per heavy atom. The number of hydrogen-bond donors (Lipinski definition) is 0. The minimum atomic E-state index is -6.13. The molecule has 0 saturated carbocycles. The van der Waals surface area contributed by atoms with Crippen LogP contribution in [-0.4, -0.2) is 23.4 Å². The lowest BCUT2D eigenvalue weighted by Crippen LogP contribution is -2.75. The average Bonchev–Trinajstić information content (AvgIpc) is 3.35. The van der Waals surface area contributed by atoms with Crippen LogP contribution in [0.3, 0.4) is 0 Å². The van der Waals surface area contributed by atoms with Crippen LogP contribution in [0.1, 0.15) is 106 Å². The normalized spacial score (nSPS) is 13.7. The maximum Gasteiger partial charge on any atom is 0.416 e. The maximum atomic E-state index is 14.2. The van der Waals surface area contributed by atoms with Crippen molar-refractivity contribution >= 4 is 44.7 Å². The second-order valence-corrected chi connectivity index (χ2v) is 20.9. The maximum absolute atomic E-state index is 14.2. The molecule has 0 saturated heterocycles. The fourth-order valence-corrected chi connectivity index (χ4v) is 10.9. The van der Waals surface area contributed by atoms with Gasteiger partial charge >= 0.3 is 49.4 Å². The minimum absolute atomic E-state index is 0.00903. The van der Waals surface area contributed by atoms with Gasteiger partial charge < -0.3 is 0 Å². The van der Waals surface area contributed by atoms with Gasteiger partial charge in [-0.3, -0.25) is 4.79 Å². The van der Waals surface area contributed by atoms with E-state index in [2.05, 4.69) is 45.0 Å². The molecule has 1 unspecified atom stereocenters. The summed E-state index contributed by atoms with van der Waals surface area (Å²) in [7, 11) is 0.00903. The van der Waals surface area contributed by atoms with E-state index in [-0.39, 0.29) is 16.7 Å². The third-order valence-corrected chi connectivity index (χ3v) is 15.0. The molecule has 0 aliphatic heterocycles. The first-order chi connectivity index (χ1) is 36.9. The van der Waals surface area contributed by atoms with Crippen molar-refractivity contribution in [3.8, 4) is 0 Å². The van der Waals surface area contributed by atoms with Gasteiger partial charge in [0.1, 0.15) is 11.9 Å². The molecule has 27 heteroatoms. The molecule has 0 aromatic heterocycles. The Morgan fingerprint density at radius 2 is 0.667 bits per heavy atom. The number of Topliss-reactive ketones (excluding diaryl/α,β-unsaturated/α-hetero) is 1. The van der Waals surface area contributed by atoms with Crippen molar-refractivity contribution in [2.24, 2.45) is 0 Å². The summed E-state index contributed by atoms with van der Waals surface area (Å²) in [5.74, 6) is 2.57. The van der Waals surface area contributed by atoms with Gasteiger partial charge in [-0.1, -0.05) is 118 Å². The molecule has 6 rings (SSSR count). The first-order valence-corrected chi connectivity index (χ1v) is 25.2. The third kappa shape index (κ3) is 16.3. The number of benzene rings is 6. The van der Waals surface area contributed by atoms with E-state index in [1.165, 1.54) is 29.7 Å². The van der Waals surface area contributed by atoms with Crippen LogP contribution in [0.2, 0.25) is 0 Å². The largest absolute Gasteiger partial charge is 0.416 e. The first kappa shape index (κ1) is 65.5. The summed E-state index contributed by atoms with van der Waals surface area (Å²) < 4.78 is 341. The molecule has 6 aromatic rings. The highest BCUT2D eigenvalue weighted by molar-refractivity contribution is 7.97. The summed E-state index contributed by atoms with van der Waals surface area (Å²) in [6.45, 7) is 6.66. The van der Waals surface area contributed by atoms with Crippen LogP contribution >= 0.6 is 0 Å². The van der Waals surface area contributed by atoms with Crippen molar-refractivity contribution < 1.29 is 110 Å². The highest BCUT2D eigenvalue weighted by Gasteiger charge is 2.47. The molecule has 1 nitrogen and oxygen atoms in total. The molecule has 0 amide bonds. The number of ketones is 1. The molecule has 1 atom stereocenters. The molecule has 0 radical (unpaired) electrons. The van der Waals surface area contributed by atoms with Crippen molar-refractivity contribution in [2.75, 3.05) is 11.5 Å². The standard InChI is InChI=1S/C32H12BF24.C22H29OS/c34-25(35,36)13-1-14(26(37,38)39)6-21(5-13)33(22-7-15(27(40,41)42)2-16(8-22)28(43,44)45,23-9-17(29(46,47)48)3-18(10-23)30(49,50)51)24-11-19(31(52,53)54)4-20(12-24)32(55,56)57;1-4-5-9-16-24(17-22(23)20-10-7-6-8-11-20)21-14-12-19(13-15-21)18(2)3/h1-12H;6-8,10-15,18H,4-5,9,16-17H2,1-3H3/q-1;+1. The number of carbonyl (C=O) groups is 1.